The van der Waals surface area contributed by atoms with Gasteiger partial charge in [0.05, 0.1) is 6.42 Å². The Kier molecular flexibility index (Phi) is 3.74. The lowest BCUT2D eigenvalue weighted by Crippen LogP contribution is -1.95. The summed E-state index contributed by atoms with van der Waals surface area (Å²) in [6.07, 6.45) is 1.08. The Labute approximate surface area is 77.8 Å². The van der Waals surface area contributed by atoms with E-state index in [1.54, 1.807) is 0 Å². The third-order valence-electron chi connectivity index (χ3n) is 1.58. The molecule has 0 spiro atoms. The largest absolute Gasteiger partial charge is 0.326 e. The van der Waals surface area contributed by atoms with Gasteiger partial charge in [-0.1, -0.05) is 24.0 Å². The first-order valence-corrected chi connectivity index (χ1v) is 4.08. The van der Waals surface area contributed by atoms with E-state index in [1.165, 1.54) is 0 Å². The highest BCUT2D eigenvalue weighted by atomic mass is 16.1. The van der Waals surface area contributed by atoms with Crippen molar-refractivity contribution in [2.75, 3.05) is 0 Å². The van der Waals surface area contributed by atoms with E-state index in [2.05, 4.69) is 11.8 Å². The predicted molar refractivity (Wildman–Crippen MR) is 51.9 cm³/mol. The monoisotopic (exact) mass is 173 g/mol. The van der Waals surface area contributed by atoms with Crippen LogP contribution in [0.3, 0.4) is 0 Å². The van der Waals surface area contributed by atoms with Gasteiger partial charge in [0, 0.05) is 12.1 Å². The van der Waals surface area contributed by atoms with E-state index in [9.17, 15) is 4.79 Å². The van der Waals surface area contributed by atoms with Crippen LogP contribution in [0.5, 0.6) is 0 Å². The summed E-state index contributed by atoms with van der Waals surface area (Å²) in [5.74, 6) is 5.63. The highest BCUT2D eigenvalue weighted by Crippen LogP contribution is 2.02. The van der Waals surface area contributed by atoms with Crippen LogP contribution < -0.4 is 5.73 Å². The van der Waals surface area contributed by atoms with Crippen LogP contribution in [0.4, 0.5) is 0 Å². The van der Waals surface area contributed by atoms with Crippen molar-refractivity contribution in [3.05, 3.63) is 35.4 Å². The summed E-state index contributed by atoms with van der Waals surface area (Å²) in [6.45, 7) is 0.517. The molecule has 0 bridgehead atoms. The van der Waals surface area contributed by atoms with Crippen molar-refractivity contribution in [2.45, 2.75) is 13.0 Å². The van der Waals surface area contributed by atoms with Crippen molar-refractivity contribution < 1.29 is 4.79 Å². The lowest BCUT2D eigenvalue weighted by molar-refractivity contribution is -0.107. The highest BCUT2D eigenvalue weighted by Gasteiger charge is 1.89. The van der Waals surface area contributed by atoms with Crippen LogP contribution in [0.2, 0.25) is 0 Å². The number of carbonyl (C=O) groups excluding carboxylic acids is 1. The van der Waals surface area contributed by atoms with Crippen molar-refractivity contribution in [1.82, 2.24) is 0 Å². The van der Waals surface area contributed by atoms with E-state index >= 15 is 0 Å². The van der Waals surface area contributed by atoms with Gasteiger partial charge in [-0.2, -0.15) is 0 Å². The van der Waals surface area contributed by atoms with Crippen LogP contribution in [0.1, 0.15) is 17.5 Å². The maximum atomic E-state index is 10.00. The number of benzene rings is 1. The summed E-state index contributed by atoms with van der Waals surface area (Å²) in [5.41, 5.74) is 7.43. The molecule has 0 aliphatic heterocycles. The van der Waals surface area contributed by atoms with Crippen molar-refractivity contribution in [3.63, 3.8) is 0 Å². The molecule has 0 heterocycles. The van der Waals surface area contributed by atoms with Crippen LogP contribution in [0.25, 0.3) is 0 Å². The number of rotatable bonds is 2. The van der Waals surface area contributed by atoms with Crippen molar-refractivity contribution in [1.29, 1.82) is 0 Å². The molecule has 0 saturated heterocycles. The molecule has 0 radical (unpaired) electrons. The molecule has 0 fully saturated rings. The Balaban J connectivity index is 2.78. The smallest absolute Gasteiger partial charge is 0.131 e. The van der Waals surface area contributed by atoms with Gasteiger partial charge in [-0.25, -0.2) is 0 Å². The number of hydrogen-bond acceptors (Lipinski definition) is 2. The second-order valence-corrected chi connectivity index (χ2v) is 2.58. The first-order valence-electron chi connectivity index (χ1n) is 4.08. The van der Waals surface area contributed by atoms with Gasteiger partial charge in [0.15, 0.2) is 0 Å². The van der Waals surface area contributed by atoms with Gasteiger partial charge in [0.2, 0.25) is 0 Å². The fourth-order valence-corrected chi connectivity index (χ4v) is 0.971. The van der Waals surface area contributed by atoms with E-state index in [4.69, 9.17) is 5.73 Å². The lowest BCUT2D eigenvalue weighted by atomic mass is 10.1. The van der Waals surface area contributed by atoms with Crippen molar-refractivity contribution in [2.24, 2.45) is 5.73 Å². The van der Waals surface area contributed by atoms with E-state index in [1.807, 2.05) is 24.3 Å². The summed E-state index contributed by atoms with van der Waals surface area (Å²) in [4.78, 5) is 10.00. The Bertz CT molecular complexity index is 347. The maximum Gasteiger partial charge on any atom is 0.131 e. The standard InChI is InChI=1S/C11H11NO/c12-9-11-6-3-5-10(8-11)4-1-2-7-13/h3,5-8H,2,9,12H2. The zero-order valence-electron chi connectivity index (χ0n) is 7.29. The topological polar surface area (TPSA) is 43.1 Å². The normalized spacial score (nSPS) is 8.69. The zero-order valence-corrected chi connectivity index (χ0v) is 7.29. The van der Waals surface area contributed by atoms with Crippen molar-refractivity contribution in [3.8, 4) is 11.8 Å². The summed E-state index contributed by atoms with van der Waals surface area (Å²) in [6, 6.07) is 7.69. The number of aldehydes is 1. The number of carbonyl (C=O) groups is 1. The summed E-state index contributed by atoms with van der Waals surface area (Å²) in [7, 11) is 0. The molecule has 0 aromatic heterocycles. The molecule has 0 saturated carbocycles. The average Bonchev–Trinajstić information content (AvgIpc) is 2.19. The first kappa shape index (κ1) is 9.50. The maximum absolute atomic E-state index is 10.00. The lowest BCUT2D eigenvalue weighted by Gasteiger charge is -1.95. The summed E-state index contributed by atoms with van der Waals surface area (Å²) < 4.78 is 0. The van der Waals surface area contributed by atoms with Gasteiger partial charge in [-0.3, -0.25) is 0 Å². The van der Waals surface area contributed by atoms with E-state index < -0.39 is 0 Å². The zero-order chi connectivity index (χ0) is 9.52. The first-order chi connectivity index (χ1) is 6.36. The van der Waals surface area contributed by atoms with Gasteiger partial charge >= 0.3 is 0 Å². The molecule has 13 heavy (non-hydrogen) atoms. The molecule has 2 nitrogen and oxygen atoms in total. The molecule has 0 aliphatic rings. The molecule has 0 unspecified atom stereocenters. The summed E-state index contributed by atoms with van der Waals surface area (Å²) in [5, 5.41) is 0. The molecule has 1 rings (SSSR count). The molecular weight excluding hydrogens is 162 g/mol. The SMILES string of the molecule is NCc1cccc(C#CCC=O)c1. The molecule has 1 aromatic carbocycles. The Morgan fingerprint density at radius 3 is 3.00 bits per heavy atom. The minimum Gasteiger partial charge on any atom is -0.326 e. The fraction of sp³-hybridized carbons (Fsp3) is 0.182. The quantitative estimate of drug-likeness (QED) is 0.537. The Morgan fingerprint density at radius 2 is 2.31 bits per heavy atom. The van der Waals surface area contributed by atoms with E-state index in [-0.39, 0.29) is 6.42 Å². The second-order valence-electron chi connectivity index (χ2n) is 2.58. The van der Waals surface area contributed by atoms with Crippen LogP contribution >= 0.6 is 0 Å². The Hall–Kier alpha value is -1.59. The minimum absolute atomic E-state index is 0.285. The van der Waals surface area contributed by atoms with Crippen LogP contribution in [-0.2, 0) is 11.3 Å². The van der Waals surface area contributed by atoms with Gasteiger partial charge in [-0.05, 0) is 17.7 Å². The van der Waals surface area contributed by atoms with Crippen molar-refractivity contribution >= 4 is 6.29 Å². The molecule has 0 amide bonds. The van der Waals surface area contributed by atoms with Gasteiger partial charge in [0.1, 0.15) is 6.29 Å². The van der Waals surface area contributed by atoms with Gasteiger partial charge in [0.25, 0.3) is 0 Å². The van der Waals surface area contributed by atoms with Gasteiger partial charge in [-0.15, -0.1) is 0 Å². The highest BCUT2D eigenvalue weighted by molar-refractivity contribution is 5.55. The minimum atomic E-state index is 0.285. The number of nitrogens with two attached hydrogens (primary N) is 1. The summed E-state index contributed by atoms with van der Waals surface area (Å²) >= 11 is 0. The third-order valence-corrected chi connectivity index (χ3v) is 1.58. The van der Waals surface area contributed by atoms with Crippen LogP contribution in [0.15, 0.2) is 24.3 Å². The van der Waals surface area contributed by atoms with E-state index in [0.29, 0.717) is 6.54 Å². The Morgan fingerprint density at radius 1 is 1.46 bits per heavy atom. The molecule has 0 aliphatic carbocycles. The molecule has 0 atom stereocenters. The number of hydrogen-bond donors (Lipinski definition) is 1. The molecule has 2 N–H and O–H groups in total. The molecule has 2 heteroatoms. The molecule has 1 aromatic rings. The van der Waals surface area contributed by atoms with E-state index in [0.717, 1.165) is 17.4 Å². The van der Waals surface area contributed by atoms with Gasteiger partial charge < -0.3 is 10.5 Å². The third kappa shape index (κ3) is 3.10. The molecule has 66 valence electrons. The van der Waals surface area contributed by atoms with Crippen LogP contribution in [-0.4, -0.2) is 6.29 Å². The predicted octanol–water partition coefficient (Wildman–Crippen LogP) is 1.09. The van der Waals surface area contributed by atoms with Crippen LogP contribution in [0, 0.1) is 11.8 Å². The average molecular weight is 173 g/mol. The molecular formula is C11H11NO. The fourth-order valence-electron chi connectivity index (χ4n) is 0.971. The second kappa shape index (κ2) is 5.13.